The Balaban J connectivity index is 1.65. The van der Waals surface area contributed by atoms with Crippen LogP contribution in [-0.4, -0.2) is 60.6 Å². The van der Waals surface area contributed by atoms with Crippen LogP contribution in [0, 0.1) is 0 Å². The van der Waals surface area contributed by atoms with Gasteiger partial charge in [0.2, 0.25) is 0 Å². The van der Waals surface area contributed by atoms with Gasteiger partial charge in [0.1, 0.15) is 0 Å². The maximum atomic E-state index is 9.28. The number of rotatable bonds is 8. The van der Waals surface area contributed by atoms with Crippen molar-refractivity contribution in [3.8, 4) is 22.5 Å². The van der Waals surface area contributed by atoms with Crippen molar-refractivity contribution in [2.24, 2.45) is 0 Å². The van der Waals surface area contributed by atoms with Crippen LogP contribution in [0.5, 0.6) is 0 Å². The SMILES string of the molecule is CN(CCO)c1ccc(-c2nc3cc4ccccc4cc3nc2-c2ccc(N(C)CCO)cc2)cc1. The van der Waals surface area contributed by atoms with E-state index in [-0.39, 0.29) is 13.2 Å². The fourth-order valence-electron chi connectivity index (χ4n) is 4.45. The van der Waals surface area contributed by atoms with E-state index in [2.05, 4.69) is 48.5 Å². The van der Waals surface area contributed by atoms with E-state index in [1.165, 1.54) is 0 Å². The fourth-order valence-corrected chi connectivity index (χ4v) is 4.45. The van der Waals surface area contributed by atoms with Crippen LogP contribution in [0.25, 0.3) is 44.3 Å². The maximum absolute atomic E-state index is 9.28. The van der Waals surface area contributed by atoms with Gasteiger partial charge in [0.25, 0.3) is 0 Å². The van der Waals surface area contributed by atoms with Gasteiger partial charge in [-0.25, -0.2) is 9.97 Å². The van der Waals surface area contributed by atoms with E-state index < -0.39 is 0 Å². The molecular weight excluding hydrogens is 448 g/mol. The summed E-state index contributed by atoms with van der Waals surface area (Å²) in [6.45, 7) is 1.36. The summed E-state index contributed by atoms with van der Waals surface area (Å²) in [4.78, 5) is 14.3. The predicted octanol–water partition coefficient (Wildman–Crippen LogP) is 4.97. The Morgan fingerprint density at radius 3 is 1.33 bits per heavy atom. The Hall–Kier alpha value is -4.00. The maximum Gasteiger partial charge on any atom is 0.0973 e. The van der Waals surface area contributed by atoms with Crippen molar-refractivity contribution in [3.05, 3.63) is 84.9 Å². The zero-order valence-corrected chi connectivity index (χ0v) is 20.6. The van der Waals surface area contributed by atoms with Gasteiger partial charge in [0.15, 0.2) is 0 Å². The summed E-state index contributed by atoms with van der Waals surface area (Å²) < 4.78 is 0. The Bertz CT molecular complexity index is 1370. The molecule has 2 N–H and O–H groups in total. The second-order valence-electron chi connectivity index (χ2n) is 8.99. The number of aliphatic hydroxyl groups excluding tert-OH is 2. The lowest BCUT2D eigenvalue weighted by atomic mass is 10.0. The highest BCUT2D eigenvalue weighted by Gasteiger charge is 2.15. The Kier molecular flexibility index (Phi) is 6.80. The number of benzene rings is 4. The topological polar surface area (TPSA) is 72.7 Å². The monoisotopic (exact) mass is 478 g/mol. The molecule has 0 spiro atoms. The third-order valence-electron chi connectivity index (χ3n) is 6.57. The van der Waals surface area contributed by atoms with Crippen LogP contribution in [0.4, 0.5) is 11.4 Å². The van der Waals surface area contributed by atoms with Crippen molar-refractivity contribution >= 4 is 33.2 Å². The number of aliphatic hydroxyl groups is 2. The predicted molar refractivity (Wildman–Crippen MR) is 149 cm³/mol. The Labute approximate surface area is 211 Å². The number of anilines is 2. The highest BCUT2D eigenvalue weighted by molar-refractivity contribution is 5.97. The Morgan fingerprint density at radius 2 is 0.972 bits per heavy atom. The summed E-state index contributed by atoms with van der Waals surface area (Å²) in [6, 6.07) is 28.9. The normalized spacial score (nSPS) is 11.2. The van der Waals surface area contributed by atoms with E-state index in [1.54, 1.807) is 0 Å². The molecule has 5 rings (SSSR count). The molecule has 0 unspecified atom stereocenters. The van der Waals surface area contributed by atoms with Crippen molar-refractivity contribution in [1.29, 1.82) is 0 Å². The molecule has 36 heavy (non-hydrogen) atoms. The molecule has 4 aromatic carbocycles. The Morgan fingerprint density at radius 1 is 0.583 bits per heavy atom. The van der Waals surface area contributed by atoms with Gasteiger partial charge in [-0.2, -0.15) is 0 Å². The molecule has 0 radical (unpaired) electrons. The molecule has 0 bridgehead atoms. The molecule has 0 saturated heterocycles. The summed E-state index contributed by atoms with van der Waals surface area (Å²) in [5.41, 5.74) is 7.39. The van der Waals surface area contributed by atoms with Crippen LogP contribution in [-0.2, 0) is 0 Å². The minimum absolute atomic E-state index is 0.107. The van der Waals surface area contributed by atoms with Gasteiger partial charge >= 0.3 is 0 Å². The number of hydrogen-bond donors (Lipinski definition) is 2. The van der Waals surface area contributed by atoms with Crippen molar-refractivity contribution in [2.45, 2.75) is 0 Å². The van der Waals surface area contributed by atoms with Gasteiger partial charge in [-0.3, -0.25) is 0 Å². The van der Waals surface area contributed by atoms with Crippen LogP contribution < -0.4 is 9.80 Å². The minimum Gasteiger partial charge on any atom is -0.395 e. The molecule has 0 atom stereocenters. The summed E-state index contributed by atoms with van der Waals surface area (Å²) >= 11 is 0. The molecule has 0 fully saturated rings. The quantitative estimate of drug-likeness (QED) is 0.307. The number of aromatic nitrogens is 2. The molecule has 0 aliphatic rings. The van der Waals surface area contributed by atoms with Crippen molar-refractivity contribution in [1.82, 2.24) is 9.97 Å². The highest BCUT2D eigenvalue weighted by atomic mass is 16.3. The third kappa shape index (κ3) is 4.73. The lowest BCUT2D eigenvalue weighted by molar-refractivity contribution is 0.304. The standard InChI is InChI=1S/C30H30N4O2/c1-33(15-17-35)25-11-7-21(8-12-25)29-30(22-9-13-26(14-10-22)34(2)16-18-36)32-28-20-24-6-4-3-5-23(24)19-27(28)31-29/h3-14,19-20,35-36H,15-18H2,1-2H3. The molecule has 6 nitrogen and oxygen atoms in total. The minimum atomic E-state index is 0.107. The smallest absolute Gasteiger partial charge is 0.0973 e. The van der Waals surface area contributed by atoms with E-state index in [9.17, 15) is 10.2 Å². The van der Waals surface area contributed by atoms with Gasteiger partial charge in [-0.1, -0.05) is 48.5 Å². The molecule has 182 valence electrons. The van der Waals surface area contributed by atoms with Crippen molar-refractivity contribution in [3.63, 3.8) is 0 Å². The molecule has 0 saturated carbocycles. The van der Waals surface area contributed by atoms with E-state index in [4.69, 9.17) is 9.97 Å². The average Bonchev–Trinajstić information content (AvgIpc) is 2.91. The van der Waals surface area contributed by atoms with Gasteiger partial charge in [-0.05, 0) is 47.2 Å². The molecule has 1 heterocycles. The first-order chi connectivity index (χ1) is 17.6. The van der Waals surface area contributed by atoms with Crippen LogP contribution in [0.15, 0.2) is 84.9 Å². The summed E-state index contributed by atoms with van der Waals surface area (Å²) in [6.07, 6.45) is 0. The molecule has 6 heteroatoms. The van der Waals surface area contributed by atoms with E-state index >= 15 is 0 Å². The molecule has 0 aliphatic carbocycles. The first-order valence-electron chi connectivity index (χ1n) is 12.1. The van der Waals surface area contributed by atoms with Crippen LogP contribution in [0.1, 0.15) is 0 Å². The summed E-state index contributed by atoms with van der Waals surface area (Å²) in [5.74, 6) is 0. The molecule has 0 aliphatic heterocycles. The number of fused-ring (bicyclic) bond motifs is 2. The van der Waals surface area contributed by atoms with Gasteiger partial charge in [-0.15, -0.1) is 0 Å². The first-order valence-corrected chi connectivity index (χ1v) is 12.1. The number of hydrogen-bond acceptors (Lipinski definition) is 6. The highest BCUT2D eigenvalue weighted by Crippen LogP contribution is 2.34. The summed E-state index contributed by atoms with van der Waals surface area (Å²) in [5, 5.41) is 20.8. The molecule has 5 aromatic rings. The van der Waals surface area contributed by atoms with Crippen LogP contribution in [0.3, 0.4) is 0 Å². The largest absolute Gasteiger partial charge is 0.395 e. The second-order valence-corrected chi connectivity index (χ2v) is 8.99. The van der Waals surface area contributed by atoms with E-state index in [1.807, 2.05) is 60.3 Å². The zero-order valence-electron chi connectivity index (χ0n) is 20.6. The number of nitrogens with zero attached hydrogens (tertiary/aromatic N) is 4. The molecule has 1 aromatic heterocycles. The summed E-state index contributed by atoms with van der Waals surface area (Å²) in [7, 11) is 3.93. The lowest BCUT2D eigenvalue weighted by Gasteiger charge is -2.19. The van der Waals surface area contributed by atoms with Crippen molar-refractivity contribution < 1.29 is 10.2 Å². The fraction of sp³-hybridized carbons (Fsp3) is 0.200. The van der Waals surface area contributed by atoms with Gasteiger partial charge < -0.3 is 20.0 Å². The number of likely N-dealkylation sites (N-methyl/N-ethyl adjacent to an activating group) is 2. The van der Waals surface area contributed by atoms with Gasteiger partial charge in [0.05, 0.1) is 35.6 Å². The van der Waals surface area contributed by atoms with Crippen LogP contribution >= 0.6 is 0 Å². The third-order valence-corrected chi connectivity index (χ3v) is 6.57. The van der Waals surface area contributed by atoms with Crippen molar-refractivity contribution in [2.75, 3.05) is 50.2 Å². The average molecular weight is 479 g/mol. The molecule has 0 amide bonds. The lowest BCUT2D eigenvalue weighted by Crippen LogP contribution is -2.20. The first kappa shape index (κ1) is 23.7. The van der Waals surface area contributed by atoms with E-state index in [0.717, 1.165) is 55.7 Å². The second kappa shape index (κ2) is 10.3. The molecular formula is C30H30N4O2. The van der Waals surface area contributed by atoms with Crippen LogP contribution in [0.2, 0.25) is 0 Å². The zero-order chi connectivity index (χ0) is 25.1. The van der Waals surface area contributed by atoms with Gasteiger partial charge in [0, 0.05) is 49.7 Å². The van der Waals surface area contributed by atoms with E-state index in [0.29, 0.717) is 13.1 Å².